The zero-order valence-corrected chi connectivity index (χ0v) is 18.2. The van der Waals surface area contributed by atoms with Crippen molar-refractivity contribution in [3.8, 4) is 0 Å². The highest BCUT2D eigenvalue weighted by atomic mass is 16.8. The Hall–Kier alpha value is -2.57. The molecule has 0 radical (unpaired) electrons. The molecular formula is C24H28O10. The van der Waals surface area contributed by atoms with Crippen molar-refractivity contribution >= 4 is 12.0 Å². The molecule has 0 amide bonds. The molecule has 1 aliphatic carbocycles. The molecule has 4 rings (SSSR count). The summed E-state index contributed by atoms with van der Waals surface area (Å²) in [5, 5.41) is 50.1. The van der Waals surface area contributed by atoms with Crippen molar-refractivity contribution in [2.75, 3.05) is 13.2 Å². The van der Waals surface area contributed by atoms with Gasteiger partial charge in [-0.2, -0.15) is 0 Å². The molecule has 2 aliphatic heterocycles. The van der Waals surface area contributed by atoms with Crippen LogP contribution in [0.5, 0.6) is 0 Å². The van der Waals surface area contributed by atoms with Gasteiger partial charge in [-0.3, -0.25) is 0 Å². The monoisotopic (exact) mass is 476 g/mol. The molecule has 10 nitrogen and oxygen atoms in total. The summed E-state index contributed by atoms with van der Waals surface area (Å²) in [6.45, 7) is -0.722. The average Bonchev–Trinajstić information content (AvgIpc) is 3.18. The van der Waals surface area contributed by atoms with Crippen LogP contribution in [-0.2, 0) is 23.7 Å². The molecule has 9 atom stereocenters. The lowest BCUT2D eigenvalue weighted by Crippen LogP contribution is -2.60. The molecule has 34 heavy (non-hydrogen) atoms. The van der Waals surface area contributed by atoms with Crippen LogP contribution in [0.1, 0.15) is 5.56 Å². The summed E-state index contributed by atoms with van der Waals surface area (Å²) < 4.78 is 22.1. The molecule has 0 aromatic heterocycles. The van der Waals surface area contributed by atoms with Crippen molar-refractivity contribution in [1.82, 2.24) is 0 Å². The van der Waals surface area contributed by atoms with Gasteiger partial charge in [0.25, 0.3) is 0 Å². The van der Waals surface area contributed by atoms with Crippen LogP contribution in [0.25, 0.3) is 6.08 Å². The van der Waals surface area contributed by atoms with Crippen LogP contribution in [0, 0.1) is 11.8 Å². The second-order valence-electron chi connectivity index (χ2n) is 8.35. The minimum absolute atomic E-state index is 0.123. The maximum Gasteiger partial charge on any atom is 0.331 e. The molecule has 1 saturated heterocycles. The van der Waals surface area contributed by atoms with E-state index in [1.54, 1.807) is 18.2 Å². The average molecular weight is 476 g/mol. The van der Waals surface area contributed by atoms with Gasteiger partial charge in [-0.1, -0.05) is 36.4 Å². The van der Waals surface area contributed by atoms with Gasteiger partial charge < -0.3 is 44.5 Å². The summed E-state index contributed by atoms with van der Waals surface area (Å²) in [6, 6.07) is 9.26. The molecule has 184 valence electrons. The Kier molecular flexibility index (Phi) is 7.79. The van der Waals surface area contributed by atoms with E-state index in [2.05, 4.69) is 0 Å². The van der Waals surface area contributed by atoms with Gasteiger partial charge in [0.1, 0.15) is 31.0 Å². The van der Waals surface area contributed by atoms with Gasteiger partial charge in [0, 0.05) is 12.0 Å². The third-order valence-corrected chi connectivity index (χ3v) is 6.14. The fourth-order valence-corrected chi connectivity index (χ4v) is 4.29. The second kappa shape index (κ2) is 10.8. The zero-order valence-electron chi connectivity index (χ0n) is 18.2. The maximum atomic E-state index is 12.2. The first-order chi connectivity index (χ1) is 16.4. The van der Waals surface area contributed by atoms with Crippen LogP contribution >= 0.6 is 0 Å². The number of carbonyl (C=O) groups excluding carboxylic acids is 1. The first kappa shape index (κ1) is 24.6. The highest BCUT2D eigenvalue weighted by Crippen LogP contribution is 2.41. The van der Waals surface area contributed by atoms with Crippen LogP contribution in [0.15, 0.2) is 60.4 Å². The number of esters is 1. The molecule has 2 heterocycles. The van der Waals surface area contributed by atoms with E-state index in [1.807, 2.05) is 30.3 Å². The van der Waals surface area contributed by atoms with Crippen LogP contribution in [-0.4, -0.2) is 87.8 Å². The standard InChI is InChI=1S/C24H28O10/c25-11-17-20(28)21(29)22(30)24(33-17)34-23-19-14(10-16(26)15(19)8-9-31-23)12-32-18(27)7-6-13-4-2-1-3-5-13/h1-10,15-17,19-26,28-30H,11-12H2/b7-6-/t15-,16-,17+,19-,20-,21-,22-,23+,24-/m1/s1. The Labute approximate surface area is 196 Å². The molecular weight excluding hydrogens is 448 g/mol. The molecule has 5 N–H and O–H groups in total. The van der Waals surface area contributed by atoms with Gasteiger partial charge in [0.15, 0.2) is 6.29 Å². The number of benzene rings is 1. The zero-order chi connectivity index (χ0) is 24.2. The van der Waals surface area contributed by atoms with E-state index in [1.165, 1.54) is 12.3 Å². The van der Waals surface area contributed by atoms with Gasteiger partial charge >= 0.3 is 5.97 Å². The lowest BCUT2D eigenvalue weighted by Gasteiger charge is -2.42. The van der Waals surface area contributed by atoms with E-state index in [4.69, 9.17) is 18.9 Å². The van der Waals surface area contributed by atoms with E-state index >= 15 is 0 Å². The summed E-state index contributed by atoms with van der Waals surface area (Å²) in [5.74, 6) is -1.57. The molecule has 0 saturated carbocycles. The summed E-state index contributed by atoms with van der Waals surface area (Å²) in [6.07, 6.45) is -1.72. The molecule has 0 unspecified atom stereocenters. The quantitative estimate of drug-likeness (QED) is 0.197. The molecule has 0 bridgehead atoms. The van der Waals surface area contributed by atoms with Crippen molar-refractivity contribution in [2.45, 2.75) is 43.1 Å². The molecule has 0 spiro atoms. The third-order valence-electron chi connectivity index (χ3n) is 6.14. The normalized spacial score (nSPS) is 37.2. The van der Waals surface area contributed by atoms with Gasteiger partial charge in [-0.15, -0.1) is 0 Å². The molecule has 3 aliphatic rings. The topological polar surface area (TPSA) is 155 Å². The number of aliphatic hydroxyl groups excluding tert-OH is 5. The van der Waals surface area contributed by atoms with Crippen LogP contribution < -0.4 is 0 Å². The Morgan fingerprint density at radius 2 is 1.79 bits per heavy atom. The van der Waals surface area contributed by atoms with Gasteiger partial charge in [0.2, 0.25) is 6.29 Å². The summed E-state index contributed by atoms with van der Waals surface area (Å²) in [7, 11) is 0. The fraction of sp³-hybridized carbons (Fsp3) is 0.458. The van der Waals surface area contributed by atoms with E-state index in [0.717, 1.165) is 5.56 Å². The largest absolute Gasteiger partial charge is 0.472 e. The lowest BCUT2D eigenvalue weighted by molar-refractivity contribution is -0.339. The van der Waals surface area contributed by atoms with Gasteiger partial charge in [0.05, 0.1) is 24.9 Å². The fourth-order valence-electron chi connectivity index (χ4n) is 4.29. The number of fused-ring (bicyclic) bond motifs is 1. The summed E-state index contributed by atoms with van der Waals surface area (Å²) in [4.78, 5) is 12.2. The SMILES string of the molecule is O=C(/C=C\c1ccccc1)OCC1=C[C@@H](O)[C@H]2C=CO[C@@H](O[C@H]3O[C@@H](CO)[C@@H](O)[C@@H](O)[C@H]3O)[C@H]12. The van der Waals surface area contributed by atoms with E-state index in [-0.39, 0.29) is 6.61 Å². The number of ether oxygens (including phenoxy) is 4. The molecule has 1 aromatic rings. The summed E-state index contributed by atoms with van der Waals surface area (Å²) >= 11 is 0. The van der Waals surface area contributed by atoms with E-state index in [0.29, 0.717) is 5.57 Å². The number of hydrogen-bond donors (Lipinski definition) is 5. The number of rotatable bonds is 7. The Morgan fingerprint density at radius 1 is 1.03 bits per heavy atom. The number of carbonyl (C=O) groups is 1. The Balaban J connectivity index is 1.41. The smallest absolute Gasteiger partial charge is 0.331 e. The predicted molar refractivity (Wildman–Crippen MR) is 116 cm³/mol. The first-order valence-electron chi connectivity index (χ1n) is 11.0. The molecule has 10 heteroatoms. The van der Waals surface area contributed by atoms with Crippen LogP contribution in [0.3, 0.4) is 0 Å². The molecule has 1 fully saturated rings. The van der Waals surface area contributed by atoms with Crippen molar-refractivity contribution in [2.24, 2.45) is 11.8 Å². The Bertz CT molecular complexity index is 927. The van der Waals surface area contributed by atoms with Gasteiger partial charge in [-0.25, -0.2) is 4.79 Å². The van der Waals surface area contributed by atoms with Crippen LogP contribution in [0.2, 0.25) is 0 Å². The van der Waals surface area contributed by atoms with Crippen molar-refractivity contribution < 1.29 is 49.3 Å². The Morgan fingerprint density at radius 3 is 2.53 bits per heavy atom. The third kappa shape index (κ3) is 5.23. The minimum atomic E-state index is -1.61. The highest BCUT2D eigenvalue weighted by molar-refractivity contribution is 5.87. The summed E-state index contributed by atoms with van der Waals surface area (Å²) in [5.41, 5.74) is 1.40. The van der Waals surface area contributed by atoms with Crippen molar-refractivity contribution in [3.63, 3.8) is 0 Å². The second-order valence-corrected chi connectivity index (χ2v) is 8.35. The van der Waals surface area contributed by atoms with Crippen LogP contribution in [0.4, 0.5) is 0 Å². The van der Waals surface area contributed by atoms with Crippen molar-refractivity contribution in [1.29, 1.82) is 0 Å². The van der Waals surface area contributed by atoms with E-state index in [9.17, 15) is 30.3 Å². The lowest BCUT2D eigenvalue weighted by atomic mass is 9.88. The van der Waals surface area contributed by atoms with Gasteiger partial charge in [-0.05, 0) is 23.3 Å². The first-order valence-corrected chi connectivity index (χ1v) is 11.0. The minimum Gasteiger partial charge on any atom is -0.472 e. The number of aliphatic hydroxyl groups is 5. The van der Waals surface area contributed by atoms with E-state index < -0.39 is 67.5 Å². The molecule has 1 aromatic carbocycles. The highest BCUT2D eigenvalue weighted by Gasteiger charge is 2.49. The van der Waals surface area contributed by atoms with Crippen molar-refractivity contribution in [3.05, 3.63) is 66.0 Å². The predicted octanol–water partition coefficient (Wildman–Crippen LogP) is -0.537. The number of hydrogen-bond acceptors (Lipinski definition) is 10. The maximum absolute atomic E-state index is 12.2.